The third-order valence-electron chi connectivity index (χ3n) is 9.99. The Morgan fingerprint density at radius 3 is 2.96 bits per heavy atom. The van der Waals surface area contributed by atoms with Gasteiger partial charge in [-0.05, 0) is 49.4 Å². The summed E-state index contributed by atoms with van der Waals surface area (Å²) in [6.07, 6.45) is 8.05. The van der Waals surface area contributed by atoms with E-state index < -0.39 is 17.5 Å². The van der Waals surface area contributed by atoms with Crippen LogP contribution in [0.4, 0.5) is 14.6 Å². The van der Waals surface area contributed by atoms with E-state index in [2.05, 4.69) is 32.9 Å². The molecular weight excluding hydrogens is 578 g/mol. The summed E-state index contributed by atoms with van der Waals surface area (Å²) in [7, 11) is 0. The van der Waals surface area contributed by atoms with E-state index in [1.165, 1.54) is 6.07 Å². The van der Waals surface area contributed by atoms with E-state index in [0.29, 0.717) is 65.8 Å². The number of hydrogen-bond acceptors (Lipinski definition) is 9. The average molecular weight is 613 g/mol. The van der Waals surface area contributed by atoms with Crippen LogP contribution in [0.15, 0.2) is 30.3 Å². The maximum atomic E-state index is 17.0. The van der Waals surface area contributed by atoms with Crippen molar-refractivity contribution in [2.75, 3.05) is 44.3 Å². The molecule has 4 aromatic rings. The lowest BCUT2D eigenvalue weighted by atomic mass is 9.95. The Morgan fingerprint density at radius 1 is 1.22 bits per heavy atom. The topological polar surface area (TPSA) is 95.9 Å². The zero-order valence-electron chi connectivity index (χ0n) is 25.0. The molecule has 6 heterocycles. The minimum absolute atomic E-state index is 0.00693. The van der Waals surface area contributed by atoms with Crippen molar-refractivity contribution in [1.82, 2.24) is 25.2 Å². The lowest BCUT2D eigenvalue weighted by Crippen LogP contribution is -2.58. The minimum Gasteiger partial charge on any atom is -0.508 e. The Bertz CT molecular complexity index is 1880. The number of phenols is 1. The van der Waals surface area contributed by atoms with Crippen LogP contribution in [-0.4, -0.2) is 88.1 Å². The van der Waals surface area contributed by atoms with Crippen molar-refractivity contribution in [2.24, 2.45) is 0 Å². The molecule has 2 N–H and O–H groups in total. The molecule has 0 bridgehead atoms. The number of anilines is 1. The lowest BCUT2D eigenvalue weighted by Gasteiger charge is -2.39. The molecule has 2 aromatic carbocycles. The van der Waals surface area contributed by atoms with Crippen LogP contribution >= 0.6 is 0 Å². The zero-order chi connectivity index (χ0) is 30.9. The standard InChI is InChI=1S/C34H34F2N6O3/c1-3-19-7-5-8-20-11-24(43)12-25(26(19)20)29-28(36)30-27-31(42-16-22(4-2)37-14-23(42)17-44-32(27)38-29)40-33(39-30)45-18-34-9-6-10-41(34)15-21(35)13-34/h1,5,7-8,11-12,21-23,37,43H,4,6,9-10,13-18H2,2H3/t21-,22?,23+,34+/m0/s1. The van der Waals surface area contributed by atoms with E-state index in [-0.39, 0.29) is 47.5 Å². The second kappa shape index (κ2) is 10.7. The first-order chi connectivity index (χ1) is 21.9. The molecule has 0 radical (unpaired) electrons. The van der Waals surface area contributed by atoms with E-state index in [9.17, 15) is 9.50 Å². The van der Waals surface area contributed by atoms with Gasteiger partial charge in [-0.3, -0.25) is 4.90 Å². The van der Waals surface area contributed by atoms with Crippen LogP contribution < -0.4 is 19.7 Å². The fourth-order valence-corrected chi connectivity index (χ4v) is 7.75. The normalized spacial score (nSPS) is 25.9. The molecule has 0 saturated carbocycles. The number of fused-ring (bicyclic) bond motifs is 4. The fraction of sp³-hybridized carbons (Fsp3) is 0.441. The first-order valence-electron chi connectivity index (χ1n) is 15.7. The highest BCUT2D eigenvalue weighted by atomic mass is 19.1. The molecular formula is C34H34F2N6O3. The van der Waals surface area contributed by atoms with E-state index in [1.54, 1.807) is 18.2 Å². The smallest absolute Gasteiger partial charge is 0.319 e. The molecule has 3 saturated heterocycles. The van der Waals surface area contributed by atoms with Gasteiger partial charge in [0.05, 0.1) is 11.6 Å². The minimum atomic E-state index is -0.903. The molecule has 0 aliphatic carbocycles. The SMILES string of the molecule is C#Cc1cccc2cc(O)cc(-c3nc4c5c(nc(OC[C@]67CCCN6C[C@@H](F)C7)nc5c3F)N3CC(CC)NC[C@@H]3CO4)c12. The maximum Gasteiger partial charge on any atom is 0.319 e. The van der Waals surface area contributed by atoms with E-state index in [0.717, 1.165) is 25.8 Å². The first kappa shape index (κ1) is 28.2. The van der Waals surface area contributed by atoms with Gasteiger partial charge in [0, 0.05) is 48.6 Å². The van der Waals surface area contributed by atoms with Gasteiger partial charge in [0.2, 0.25) is 5.88 Å². The third-order valence-corrected chi connectivity index (χ3v) is 9.99. The van der Waals surface area contributed by atoms with Gasteiger partial charge in [-0.1, -0.05) is 25.0 Å². The molecule has 9 nitrogen and oxygen atoms in total. The first-order valence-corrected chi connectivity index (χ1v) is 15.7. The van der Waals surface area contributed by atoms with Gasteiger partial charge >= 0.3 is 6.01 Å². The molecule has 4 atom stereocenters. The van der Waals surface area contributed by atoms with Crippen LogP contribution in [0.2, 0.25) is 0 Å². The van der Waals surface area contributed by atoms with Crippen molar-refractivity contribution < 1.29 is 23.4 Å². The summed E-state index contributed by atoms with van der Waals surface area (Å²) < 4.78 is 44.1. The largest absolute Gasteiger partial charge is 0.508 e. The summed E-state index contributed by atoms with van der Waals surface area (Å²) in [5, 5.41) is 15.8. The summed E-state index contributed by atoms with van der Waals surface area (Å²) in [4.78, 5) is 18.5. The predicted octanol–water partition coefficient (Wildman–Crippen LogP) is 4.58. The number of aromatic nitrogens is 3. The number of nitrogens with one attached hydrogen (secondary N) is 1. The highest BCUT2D eigenvalue weighted by molar-refractivity contribution is 6.04. The number of benzene rings is 2. The molecule has 45 heavy (non-hydrogen) atoms. The number of pyridine rings is 1. The second-order valence-corrected chi connectivity index (χ2v) is 12.7. The number of nitrogens with zero attached hydrogens (tertiary/aromatic N) is 5. The maximum absolute atomic E-state index is 17.0. The number of rotatable bonds is 5. The van der Waals surface area contributed by atoms with Crippen molar-refractivity contribution in [3.63, 3.8) is 0 Å². The fourth-order valence-electron chi connectivity index (χ4n) is 7.75. The zero-order valence-corrected chi connectivity index (χ0v) is 25.0. The number of aromatic hydroxyl groups is 1. The predicted molar refractivity (Wildman–Crippen MR) is 167 cm³/mol. The van der Waals surface area contributed by atoms with Crippen LogP contribution in [0.1, 0.15) is 38.2 Å². The van der Waals surface area contributed by atoms with Gasteiger partial charge in [0.25, 0.3) is 0 Å². The van der Waals surface area contributed by atoms with Crippen molar-refractivity contribution in [2.45, 2.75) is 56.4 Å². The molecule has 1 unspecified atom stereocenters. The van der Waals surface area contributed by atoms with Crippen LogP contribution in [0, 0.1) is 18.2 Å². The summed E-state index contributed by atoms with van der Waals surface area (Å²) >= 11 is 0. The van der Waals surface area contributed by atoms with E-state index >= 15 is 4.39 Å². The molecule has 0 spiro atoms. The number of hydrogen-bond donors (Lipinski definition) is 2. The number of alkyl halides is 1. The van der Waals surface area contributed by atoms with Gasteiger partial charge in [-0.25, -0.2) is 13.8 Å². The van der Waals surface area contributed by atoms with Gasteiger partial charge in [0.1, 0.15) is 47.5 Å². The van der Waals surface area contributed by atoms with Gasteiger partial charge in [0.15, 0.2) is 5.82 Å². The van der Waals surface area contributed by atoms with Gasteiger partial charge in [-0.15, -0.1) is 6.42 Å². The summed E-state index contributed by atoms with van der Waals surface area (Å²) in [5.41, 5.74) is 0.416. The van der Waals surface area contributed by atoms with Gasteiger partial charge in [-0.2, -0.15) is 9.97 Å². The summed E-state index contributed by atoms with van der Waals surface area (Å²) in [6.45, 7) is 5.16. The van der Waals surface area contributed by atoms with E-state index in [1.807, 2.05) is 6.07 Å². The Labute approximate surface area is 259 Å². The Morgan fingerprint density at radius 2 is 2.11 bits per heavy atom. The molecule has 11 heteroatoms. The Balaban J connectivity index is 1.32. The van der Waals surface area contributed by atoms with Crippen molar-refractivity contribution in [3.05, 3.63) is 41.7 Å². The highest BCUT2D eigenvalue weighted by Crippen LogP contribution is 2.44. The monoisotopic (exact) mass is 612 g/mol. The van der Waals surface area contributed by atoms with Crippen LogP contribution in [-0.2, 0) is 0 Å². The molecule has 8 rings (SSSR count). The quantitative estimate of drug-likeness (QED) is 0.314. The number of halogens is 2. The molecule has 4 aliphatic heterocycles. The Kier molecular flexibility index (Phi) is 6.69. The average Bonchev–Trinajstić information content (AvgIpc) is 3.52. The number of piperazine rings is 1. The summed E-state index contributed by atoms with van der Waals surface area (Å²) in [5.74, 6) is 2.64. The van der Waals surface area contributed by atoms with Crippen molar-refractivity contribution in [3.8, 4) is 41.2 Å². The lowest BCUT2D eigenvalue weighted by molar-refractivity contribution is 0.107. The molecule has 3 fully saturated rings. The number of terminal acetylenes is 1. The van der Waals surface area contributed by atoms with Crippen molar-refractivity contribution in [1.29, 1.82) is 0 Å². The third kappa shape index (κ3) is 4.53. The van der Waals surface area contributed by atoms with Gasteiger partial charge < -0.3 is 24.8 Å². The van der Waals surface area contributed by atoms with E-state index in [4.69, 9.17) is 25.9 Å². The van der Waals surface area contributed by atoms with Crippen LogP contribution in [0.25, 0.3) is 32.9 Å². The van der Waals surface area contributed by atoms with Crippen LogP contribution in [0.3, 0.4) is 0 Å². The molecule has 232 valence electrons. The van der Waals surface area contributed by atoms with Crippen molar-refractivity contribution >= 4 is 27.5 Å². The second-order valence-electron chi connectivity index (χ2n) is 12.7. The van der Waals surface area contributed by atoms with Crippen LogP contribution in [0.5, 0.6) is 17.6 Å². The Hall–Kier alpha value is -4.27. The number of phenolic OH excluding ortho intramolecular Hbond substituents is 1. The summed E-state index contributed by atoms with van der Waals surface area (Å²) in [6, 6.07) is 8.57. The number of ether oxygens (including phenoxy) is 2. The molecule has 2 aromatic heterocycles. The molecule has 0 amide bonds. The molecule has 4 aliphatic rings. The highest BCUT2D eigenvalue weighted by Gasteiger charge is 2.49.